The zero-order valence-corrected chi connectivity index (χ0v) is 20.7. The van der Waals surface area contributed by atoms with Crippen LogP contribution in [0.3, 0.4) is 0 Å². The Labute approximate surface area is 210 Å². The second kappa shape index (κ2) is 10.2. The van der Waals surface area contributed by atoms with Crippen LogP contribution in [0.1, 0.15) is 5.82 Å². The molecule has 2 aliphatic heterocycles. The average Bonchev–Trinajstić information content (AvgIpc) is 3.46. The van der Waals surface area contributed by atoms with E-state index in [4.69, 9.17) is 10.6 Å². The lowest BCUT2D eigenvalue weighted by Crippen LogP contribution is -2.74. The molecule has 35 heavy (non-hydrogen) atoms. The Morgan fingerprint density at radius 3 is 2.94 bits per heavy atom. The van der Waals surface area contributed by atoms with E-state index in [-0.39, 0.29) is 41.3 Å². The monoisotopic (exact) mass is 540 g/mol. The SMILES string of the molecule is C=CCON=C(C(=O)NC1C(=O)N2CC(CSc3nnnn3C)(C(=O)O)CS[C@H]12)c1nsc(N)n1. The number of nitrogen functional groups attached to an aromatic ring is 1. The highest BCUT2D eigenvalue weighted by Crippen LogP contribution is 2.44. The number of carboxylic acid groups (broad SMARTS) is 1. The number of nitrogens with one attached hydrogen (secondary N) is 1. The number of rotatable bonds is 10. The highest BCUT2D eigenvalue weighted by atomic mass is 32.2. The molecule has 0 spiro atoms. The molecular weight excluding hydrogens is 520 g/mol. The standard InChI is InChI=1S/C17H20N10O5S3/c1-3-4-32-22-8(10-20-15(18)35-23-10)11(28)19-9-12(29)27-5-17(14(30)31,6-33-13(9)27)7-34-16-21-24-25-26(16)2/h3,9,13H,1,4-7H2,2H3,(H,19,28)(H,30,31)(H2,18,20,23)/t9?,13-,17?/m1/s1. The lowest BCUT2D eigenvalue weighted by atomic mass is 9.89. The fourth-order valence-corrected chi connectivity index (χ4v) is 6.48. The molecule has 18 heteroatoms. The molecule has 15 nitrogen and oxygen atoms in total. The van der Waals surface area contributed by atoms with Gasteiger partial charge in [-0.05, 0) is 10.4 Å². The van der Waals surface area contributed by atoms with Gasteiger partial charge >= 0.3 is 5.97 Å². The first-order chi connectivity index (χ1) is 16.8. The number of thioether (sulfide) groups is 2. The number of fused-ring (bicyclic) bond motifs is 1. The summed E-state index contributed by atoms with van der Waals surface area (Å²) in [6.45, 7) is 3.55. The molecule has 4 N–H and O–H groups in total. The summed E-state index contributed by atoms with van der Waals surface area (Å²) in [6.07, 6.45) is 1.45. The van der Waals surface area contributed by atoms with Crippen LogP contribution in [0.25, 0.3) is 0 Å². The van der Waals surface area contributed by atoms with Gasteiger partial charge in [0.15, 0.2) is 5.13 Å². The molecule has 2 aromatic rings. The summed E-state index contributed by atoms with van der Waals surface area (Å²) in [7, 11) is 1.66. The molecule has 2 aromatic heterocycles. The van der Waals surface area contributed by atoms with Gasteiger partial charge in [0, 0.05) is 36.6 Å². The fourth-order valence-electron chi connectivity index (χ4n) is 3.33. The van der Waals surface area contributed by atoms with E-state index < -0.39 is 34.6 Å². The van der Waals surface area contributed by atoms with E-state index in [0.29, 0.717) is 5.16 Å². The van der Waals surface area contributed by atoms with Crippen molar-refractivity contribution in [3.05, 3.63) is 18.5 Å². The smallest absolute Gasteiger partial charge is 0.313 e. The molecule has 2 aliphatic rings. The quantitative estimate of drug-likeness (QED) is 0.0811. The minimum atomic E-state index is -1.20. The molecule has 2 amide bonds. The number of hydrogen-bond donors (Lipinski definition) is 3. The molecule has 2 fully saturated rings. The van der Waals surface area contributed by atoms with Crippen LogP contribution in [-0.4, -0.2) is 99.1 Å². The van der Waals surface area contributed by atoms with Crippen molar-refractivity contribution in [2.45, 2.75) is 16.6 Å². The number of aryl methyl sites for hydroxylation is 1. The Balaban J connectivity index is 1.43. The lowest BCUT2D eigenvalue weighted by molar-refractivity contribution is -0.157. The van der Waals surface area contributed by atoms with Gasteiger partial charge in [0.25, 0.3) is 5.91 Å². The number of oxime groups is 1. The van der Waals surface area contributed by atoms with Crippen molar-refractivity contribution >= 4 is 63.7 Å². The van der Waals surface area contributed by atoms with Gasteiger partial charge in [-0.25, -0.2) is 4.68 Å². The zero-order chi connectivity index (χ0) is 25.2. The largest absolute Gasteiger partial charge is 0.481 e. The number of amides is 2. The molecule has 0 aliphatic carbocycles. The third-order valence-electron chi connectivity index (χ3n) is 5.16. The maximum Gasteiger partial charge on any atom is 0.313 e. The summed E-state index contributed by atoms with van der Waals surface area (Å²) in [5.41, 5.74) is 4.17. The second-order valence-electron chi connectivity index (χ2n) is 7.56. The second-order valence-corrected chi connectivity index (χ2v) is 10.4. The van der Waals surface area contributed by atoms with Gasteiger partial charge in [-0.1, -0.05) is 29.6 Å². The first-order valence-corrected chi connectivity index (χ1v) is 12.8. The fraction of sp³-hybridized carbons (Fsp3) is 0.471. The van der Waals surface area contributed by atoms with Crippen LogP contribution in [0, 0.1) is 5.41 Å². The van der Waals surface area contributed by atoms with Gasteiger partial charge in [-0.3, -0.25) is 14.4 Å². The Bertz CT molecular complexity index is 1180. The minimum Gasteiger partial charge on any atom is -0.481 e. The van der Waals surface area contributed by atoms with Crippen LogP contribution in [-0.2, 0) is 26.3 Å². The number of nitrogens with zero attached hydrogens (tertiary/aromatic N) is 8. The predicted octanol–water partition coefficient (Wildman–Crippen LogP) is -1.19. The topological polar surface area (TPSA) is 204 Å². The van der Waals surface area contributed by atoms with Crippen molar-refractivity contribution < 1.29 is 24.3 Å². The van der Waals surface area contributed by atoms with Gasteiger partial charge < -0.3 is 25.9 Å². The van der Waals surface area contributed by atoms with E-state index in [9.17, 15) is 19.5 Å². The zero-order valence-electron chi connectivity index (χ0n) is 18.2. The van der Waals surface area contributed by atoms with Crippen LogP contribution in [0.4, 0.5) is 5.13 Å². The average molecular weight is 541 g/mol. The summed E-state index contributed by atoms with van der Waals surface area (Å²) >= 11 is 3.37. The first-order valence-electron chi connectivity index (χ1n) is 9.97. The Hall–Kier alpha value is -3.25. The predicted molar refractivity (Wildman–Crippen MR) is 126 cm³/mol. The number of anilines is 1. The lowest BCUT2D eigenvalue weighted by Gasteiger charge is -2.53. The van der Waals surface area contributed by atoms with Crippen LogP contribution < -0.4 is 11.1 Å². The van der Waals surface area contributed by atoms with Crippen molar-refractivity contribution in [1.82, 2.24) is 39.8 Å². The van der Waals surface area contributed by atoms with Crippen LogP contribution in [0.2, 0.25) is 0 Å². The van der Waals surface area contributed by atoms with E-state index in [2.05, 4.69) is 41.9 Å². The van der Waals surface area contributed by atoms with E-state index in [1.54, 1.807) is 7.05 Å². The van der Waals surface area contributed by atoms with E-state index in [1.165, 1.54) is 39.2 Å². The van der Waals surface area contributed by atoms with Crippen LogP contribution >= 0.6 is 35.1 Å². The maximum absolute atomic E-state index is 12.9. The summed E-state index contributed by atoms with van der Waals surface area (Å²) in [5.74, 6) is -1.77. The van der Waals surface area contributed by atoms with Crippen molar-refractivity contribution in [2.75, 3.05) is 30.4 Å². The molecule has 4 rings (SSSR count). The highest BCUT2D eigenvalue weighted by molar-refractivity contribution is 8.00. The van der Waals surface area contributed by atoms with Gasteiger partial charge in [-0.2, -0.15) is 9.36 Å². The number of tetrazole rings is 1. The third kappa shape index (κ3) is 4.94. The number of carbonyl (C=O) groups is 3. The Morgan fingerprint density at radius 1 is 1.51 bits per heavy atom. The van der Waals surface area contributed by atoms with E-state index >= 15 is 0 Å². The molecule has 2 saturated heterocycles. The normalized spacial score (nSPS) is 23.9. The molecular formula is C17H20N10O5S3. The van der Waals surface area contributed by atoms with Gasteiger partial charge in [0.1, 0.15) is 23.4 Å². The maximum atomic E-state index is 12.9. The summed E-state index contributed by atoms with van der Waals surface area (Å²) in [5, 5.41) is 27.7. The minimum absolute atomic E-state index is 0.00293. The van der Waals surface area contributed by atoms with Crippen molar-refractivity contribution in [1.29, 1.82) is 0 Å². The number of carbonyl (C=O) groups excluding carboxylic acids is 2. The highest BCUT2D eigenvalue weighted by Gasteiger charge is 2.57. The van der Waals surface area contributed by atoms with Crippen molar-refractivity contribution in [2.24, 2.45) is 17.6 Å². The first kappa shape index (κ1) is 24.9. The summed E-state index contributed by atoms with van der Waals surface area (Å²) in [6, 6.07) is -0.865. The number of carboxylic acids is 1. The van der Waals surface area contributed by atoms with Crippen LogP contribution in [0.5, 0.6) is 0 Å². The Kier molecular flexibility index (Phi) is 7.22. The molecule has 0 saturated carbocycles. The number of β-lactam (4-membered cyclic amide) rings is 1. The van der Waals surface area contributed by atoms with Crippen LogP contribution in [0.15, 0.2) is 23.0 Å². The van der Waals surface area contributed by atoms with E-state index in [1.807, 2.05) is 0 Å². The number of aliphatic carboxylic acids is 1. The third-order valence-corrected chi connectivity index (χ3v) is 8.59. The van der Waals surface area contributed by atoms with Gasteiger partial charge in [0.05, 0.1) is 0 Å². The van der Waals surface area contributed by atoms with Gasteiger partial charge in [0.2, 0.25) is 22.6 Å². The van der Waals surface area contributed by atoms with Crippen molar-refractivity contribution in [3.8, 4) is 0 Å². The molecule has 0 aromatic carbocycles. The Morgan fingerprint density at radius 2 is 2.31 bits per heavy atom. The number of nitrogens with two attached hydrogens (primary N) is 1. The summed E-state index contributed by atoms with van der Waals surface area (Å²) in [4.78, 5) is 48.4. The summed E-state index contributed by atoms with van der Waals surface area (Å²) < 4.78 is 5.42. The molecule has 3 atom stereocenters. The molecule has 2 unspecified atom stereocenters. The molecule has 0 radical (unpaired) electrons. The molecule has 4 heterocycles. The number of hydrogen-bond acceptors (Lipinski definition) is 14. The molecule has 0 bridgehead atoms. The van der Waals surface area contributed by atoms with E-state index in [0.717, 1.165) is 11.5 Å². The molecule has 186 valence electrons. The number of aromatic nitrogens is 6. The van der Waals surface area contributed by atoms with Crippen molar-refractivity contribution in [3.63, 3.8) is 0 Å². The van der Waals surface area contributed by atoms with Gasteiger partial charge in [-0.15, -0.1) is 16.9 Å².